The highest BCUT2D eigenvalue weighted by Gasteiger charge is 2.31. The van der Waals surface area contributed by atoms with Crippen molar-refractivity contribution < 1.29 is 4.74 Å². The molecule has 1 aromatic heterocycles. The summed E-state index contributed by atoms with van der Waals surface area (Å²) in [5.41, 5.74) is 7.67. The number of aromatic nitrogens is 2. The molecule has 0 aliphatic carbocycles. The van der Waals surface area contributed by atoms with Gasteiger partial charge in [-0.2, -0.15) is 0 Å². The highest BCUT2D eigenvalue weighted by atomic mass is 16.5. The average Bonchev–Trinajstić information content (AvgIpc) is 2.19. The zero-order valence-electron chi connectivity index (χ0n) is 8.36. The number of nitrogens with two attached hydrogens (primary N) is 1. The van der Waals surface area contributed by atoms with Crippen molar-refractivity contribution in [3.63, 3.8) is 0 Å². The molecule has 76 valence electrons. The van der Waals surface area contributed by atoms with Crippen LogP contribution >= 0.6 is 0 Å². The molecule has 4 nitrogen and oxygen atoms in total. The topological polar surface area (TPSA) is 61.0 Å². The number of nitrogens with zero attached hydrogens (tertiary/aromatic N) is 2. The van der Waals surface area contributed by atoms with Gasteiger partial charge in [0.05, 0.1) is 17.8 Å². The van der Waals surface area contributed by atoms with Gasteiger partial charge in [-0.1, -0.05) is 0 Å². The average molecular weight is 193 g/mol. The molecule has 4 heteroatoms. The fraction of sp³-hybridized carbons (Fsp3) is 0.600. The molecule has 1 fully saturated rings. The van der Waals surface area contributed by atoms with Gasteiger partial charge in [-0.15, -0.1) is 0 Å². The van der Waals surface area contributed by atoms with E-state index in [-0.39, 0.29) is 0 Å². The first-order chi connectivity index (χ1) is 6.71. The first-order valence-corrected chi connectivity index (χ1v) is 4.86. The molecule has 1 saturated heterocycles. The van der Waals surface area contributed by atoms with E-state index in [9.17, 15) is 0 Å². The van der Waals surface area contributed by atoms with Gasteiger partial charge in [0, 0.05) is 12.3 Å². The molecule has 0 radical (unpaired) electrons. The van der Waals surface area contributed by atoms with Gasteiger partial charge in [-0.25, -0.2) is 9.97 Å². The van der Waals surface area contributed by atoms with Crippen molar-refractivity contribution >= 4 is 0 Å². The van der Waals surface area contributed by atoms with E-state index in [1.165, 1.54) is 0 Å². The van der Waals surface area contributed by atoms with Crippen molar-refractivity contribution in [2.45, 2.75) is 25.3 Å². The van der Waals surface area contributed by atoms with Crippen LogP contribution in [-0.2, 0) is 10.3 Å². The van der Waals surface area contributed by atoms with Crippen LogP contribution in [0.15, 0.2) is 12.4 Å². The minimum atomic E-state index is -0.411. The second kappa shape index (κ2) is 3.63. The highest BCUT2D eigenvalue weighted by molar-refractivity contribution is 5.17. The maximum atomic E-state index is 6.23. The van der Waals surface area contributed by atoms with Gasteiger partial charge < -0.3 is 10.5 Å². The first kappa shape index (κ1) is 9.55. The quantitative estimate of drug-likeness (QED) is 0.715. The third-order valence-electron chi connectivity index (χ3n) is 2.59. The van der Waals surface area contributed by atoms with Gasteiger partial charge in [0.15, 0.2) is 0 Å². The van der Waals surface area contributed by atoms with Gasteiger partial charge in [-0.3, -0.25) is 0 Å². The van der Waals surface area contributed by atoms with Crippen molar-refractivity contribution in [2.75, 3.05) is 13.2 Å². The Morgan fingerprint density at radius 2 is 2.36 bits per heavy atom. The highest BCUT2D eigenvalue weighted by Crippen LogP contribution is 2.25. The van der Waals surface area contributed by atoms with E-state index in [0.29, 0.717) is 6.61 Å². The minimum Gasteiger partial charge on any atom is -0.379 e. The molecular formula is C10H15N3O. The van der Waals surface area contributed by atoms with Crippen LogP contribution in [0.4, 0.5) is 0 Å². The molecular weight excluding hydrogens is 178 g/mol. The second-order valence-corrected chi connectivity index (χ2v) is 3.86. The molecule has 0 spiro atoms. The summed E-state index contributed by atoms with van der Waals surface area (Å²) in [6, 6.07) is 1.94. The molecule has 2 heterocycles. The van der Waals surface area contributed by atoms with Crippen LogP contribution < -0.4 is 5.73 Å². The molecule has 14 heavy (non-hydrogen) atoms. The van der Waals surface area contributed by atoms with Crippen molar-refractivity contribution in [3.8, 4) is 0 Å². The SMILES string of the molecule is Cc1cc(C2(N)CCCOC2)ncn1. The molecule has 2 rings (SSSR count). The lowest BCUT2D eigenvalue weighted by Gasteiger charge is -2.32. The number of hydrogen-bond acceptors (Lipinski definition) is 4. The van der Waals surface area contributed by atoms with E-state index in [1.54, 1.807) is 6.33 Å². The van der Waals surface area contributed by atoms with Crippen LogP contribution in [-0.4, -0.2) is 23.2 Å². The number of ether oxygens (including phenoxy) is 1. The van der Waals surface area contributed by atoms with Crippen molar-refractivity contribution in [1.82, 2.24) is 9.97 Å². The Labute approximate surface area is 83.5 Å². The molecule has 1 aliphatic heterocycles. The smallest absolute Gasteiger partial charge is 0.116 e. The van der Waals surface area contributed by atoms with Gasteiger partial charge in [0.2, 0.25) is 0 Å². The molecule has 0 saturated carbocycles. The molecule has 0 bridgehead atoms. The molecule has 1 aliphatic rings. The zero-order valence-corrected chi connectivity index (χ0v) is 8.36. The van der Waals surface area contributed by atoms with Gasteiger partial charge >= 0.3 is 0 Å². The van der Waals surface area contributed by atoms with Crippen LogP contribution in [0.25, 0.3) is 0 Å². The molecule has 1 aromatic rings. The van der Waals surface area contributed by atoms with E-state index in [2.05, 4.69) is 9.97 Å². The Kier molecular flexibility index (Phi) is 2.48. The van der Waals surface area contributed by atoms with Gasteiger partial charge in [-0.05, 0) is 25.8 Å². The summed E-state index contributed by atoms with van der Waals surface area (Å²) in [7, 11) is 0. The number of rotatable bonds is 1. The molecule has 2 N–H and O–H groups in total. The van der Waals surface area contributed by atoms with E-state index in [1.807, 2.05) is 13.0 Å². The molecule has 0 aromatic carbocycles. The number of aryl methyl sites for hydroxylation is 1. The summed E-state index contributed by atoms with van der Waals surface area (Å²) in [5, 5.41) is 0. The van der Waals surface area contributed by atoms with Crippen LogP contribution in [0.5, 0.6) is 0 Å². The summed E-state index contributed by atoms with van der Waals surface area (Å²) < 4.78 is 5.39. The fourth-order valence-corrected chi connectivity index (χ4v) is 1.74. The van der Waals surface area contributed by atoms with E-state index in [4.69, 9.17) is 10.5 Å². The van der Waals surface area contributed by atoms with E-state index in [0.717, 1.165) is 30.8 Å². The Morgan fingerprint density at radius 1 is 1.50 bits per heavy atom. The normalized spacial score (nSPS) is 27.6. The summed E-state index contributed by atoms with van der Waals surface area (Å²) in [6.07, 6.45) is 3.50. The first-order valence-electron chi connectivity index (χ1n) is 4.86. The van der Waals surface area contributed by atoms with Crippen LogP contribution in [0, 0.1) is 6.92 Å². The van der Waals surface area contributed by atoms with E-state index < -0.39 is 5.54 Å². The molecule has 1 unspecified atom stereocenters. The van der Waals surface area contributed by atoms with Crippen LogP contribution in [0.1, 0.15) is 24.2 Å². The summed E-state index contributed by atoms with van der Waals surface area (Å²) >= 11 is 0. The maximum Gasteiger partial charge on any atom is 0.116 e. The summed E-state index contributed by atoms with van der Waals surface area (Å²) in [4.78, 5) is 8.28. The Hall–Kier alpha value is -1.00. The number of hydrogen-bond donors (Lipinski definition) is 1. The third kappa shape index (κ3) is 1.76. The van der Waals surface area contributed by atoms with Crippen LogP contribution in [0.3, 0.4) is 0 Å². The zero-order chi connectivity index (χ0) is 10.0. The van der Waals surface area contributed by atoms with Crippen molar-refractivity contribution in [3.05, 3.63) is 23.8 Å². The lowest BCUT2D eigenvalue weighted by molar-refractivity contribution is 0.0348. The second-order valence-electron chi connectivity index (χ2n) is 3.86. The monoisotopic (exact) mass is 193 g/mol. The van der Waals surface area contributed by atoms with Crippen molar-refractivity contribution in [2.24, 2.45) is 5.73 Å². The Bertz CT molecular complexity index is 321. The maximum absolute atomic E-state index is 6.23. The molecule has 1 atom stereocenters. The molecule has 0 amide bonds. The standard InChI is InChI=1S/C10H15N3O/c1-8-5-9(13-7-12-8)10(11)3-2-4-14-6-10/h5,7H,2-4,6,11H2,1H3. The third-order valence-corrected chi connectivity index (χ3v) is 2.59. The Balaban J connectivity index is 2.28. The van der Waals surface area contributed by atoms with Gasteiger partial charge in [0.1, 0.15) is 6.33 Å². The minimum absolute atomic E-state index is 0.411. The van der Waals surface area contributed by atoms with Crippen molar-refractivity contribution in [1.29, 1.82) is 0 Å². The summed E-state index contributed by atoms with van der Waals surface area (Å²) in [6.45, 7) is 3.31. The van der Waals surface area contributed by atoms with E-state index >= 15 is 0 Å². The predicted octanol–water partition coefficient (Wildman–Crippen LogP) is 0.749. The lowest BCUT2D eigenvalue weighted by atomic mass is 9.89. The predicted molar refractivity (Wildman–Crippen MR) is 52.7 cm³/mol. The van der Waals surface area contributed by atoms with Crippen LogP contribution in [0.2, 0.25) is 0 Å². The van der Waals surface area contributed by atoms with Gasteiger partial charge in [0.25, 0.3) is 0 Å². The lowest BCUT2D eigenvalue weighted by Crippen LogP contribution is -2.45. The Morgan fingerprint density at radius 3 is 3.00 bits per heavy atom. The fourth-order valence-electron chi connectivity index (χ4n) is 1.74. The largest absolute Gasteiger partial charge is 0.379 e. The summed E-state index contributed by atoms with van der Waals surface area (Å²) in [5.74, 6) is 0.